The fourth-order valence-electron chi connectivity index (χ4n) is 3.97. The highest BCUT2D eigenvalue weighted by atomic mass is 32.2. The van der Waals surface area contributed by atoms with Gasteiger partial charge in [0.25, 0.3) is 0 Å². The molecule has 1 N–H and O–H groups in total. The number of benzene rings is 1. The highest BCUT2D eigenvalue weighted by molar-refractivity contribution is 7.89. The van der Waals surface area contributed by atoms with Crippen LogP contribution in [0.1, 0.15) is 24.8 Å². The van der Waals surface area contributed by atoms with Crippen molar-refractivity contribution in [2.45, 2.75) is 31.1 Å². The van der Waals surface area contributed by atoms with E-state index in [1.807, 2.05) is 0 Å². The Balaban J connectivity index is 1.63. The zero-order chi connectivity index (χ0) is 18.9. The van der Waals surface area contributed by atoms with Gasteiger partial charge in [0.1, 0.15) is 5.82 Å². The molecule has 2 fully saturated rings. The average molecular weight is 383 g/mol. The van der Waals surface area contributed by atoms with Gasteiger partial charge in [-0.2, -0.15) is 4.31 Å². The number of carbonyl (C=O) groups is 1. The number of piperidine rings is 1. The number of hydrogen-bond acceptors (Lipinski definition) is 3. The number of hydrogen-bond donors (Lipinski definition) is 1. The largest absolute Gasteiger partial charge is 0.341 e. The summed E-state index contributed by atoms with van der Waals surface area (Å²) in [5.74, 6) is 0.223. The van der Waals surface area contributed by atoms with E-state index < -0.39 is 15.8 Å². The van der Waals surface area contributed by atoms with Crippen LogP contribution < -0.4 is 5.32 Å². The van der Waals surface area contributed by atoms with Crippen molar-refractivity contribution < 1.29 is 17.6 Å². The van der Waals surface area contributed by atoms with E-state index in [4.69, 9.17) is 0 Å². The summed E-state index contributed by atoms with van der Waals surface area (Å²) in [6.07, 6.45) is 2.61. The van der Waals surface area contributed by atoms with Crippen molar-refractivity contribution in [3.05, 3.63) is 29.6 Å². The van der Waals surface area contributed by atoms with Crippen LogP contribution >= 0.6 is 0 Å². The van der Waals surface area contributed by atoms with Crippen molar-refractivity contribution in [1.82, 2.24) is 14.5 Å². The third-order valence-corrected chi connectivity index (χ3v) is 7.54. The van der Waals surface area contributed by atoms with Gasteiger partial charge in [0.05, 0.1) is 4.90 Å². The van der Waals surface area contributed by atoms with Gasteiger partial charge >= 0.3 is 6.03 Å². The number of likely N-dealkylation sites (tertiary alicyclic amines) is 1. The van der Waals surface area contributed by atoms with Crippen LogP contribution in [-0.4, -0.2) is 56.9 Å². The number of amides is 2. The Morgan fingerprint density at radius 3 is 2.42 bits per heavy atom. The van der Waals surface area contributed by atoms with Crippen molar-refractivity contribution in [3.8, 4) is 0 Å². The molecule has 0 saturated carbocycles. The van der Waals surface area contributed by atoms with Crippen molar-refractivity contribution in [2.75, 3.05) is 33.2 Å². The molecule has 26 heavy (non-hydrogen) atoms. The number of nitrogens with zero attached hydrogens (tertiary/aromatic N) is 2. The molecule has 0 bridgehead atoms. The molecule has 1 unspecified atom stereocenters. The van der Waals surface area contributed by atoms with E-state index in [-0.39, 0.29) is 10.9 Å². The second kappa shape index (κ2) is 7.52. The van der Waals surface area contributed by atoms with E-state index >= 15 is 0 Å². The van der Waals surface area contributed by atoms with E-state index in [9.17, 15) is 17.6 Å². The quantitative estimate of drug-likeness (QED) is 0.870. The van der Waals surface area contributed by atoms with Crippen LogP contribution in [0.4, 0.5) is 9.18 Å². The van der Waals surface area contributed by atoms with E-state index in [2.05, 4.69) is 5.32 Å². The maximum Gasteiger partial charge on any atom is 0.317 e. The van der Waals surface area contributed by atoms with Crippen molar-refractivity contribution in [1.29, 1.82) is 0 Å². The molecule has 6 nitrogen and oxygen atoms in total. The molecule has 2 saturated heterocycles. The zero-order valence-electron chi connectivity index (χ0n) is 15.2. The predicted octanol–water partition coefficient (Wildman–Crippen LogP) is 2.20. The molecular weight excluding hydrogens is 357 g/mol. The molecule has 3 rings (SSSR count). The minimum Gasteiger partial charge on any atom is -0.341 e. The van der Waals surface area contributed by atoms with Gasteiger partial charge in [-0.3, -0.25) is 0 Å². The van der Waals surface area contributed by atoms with Gasteiger partial charge in [-0.15, -0.1) is 0 Å². The highest BCUT2D eigenvalue weighted by Crippen LogP contribution is 2.34. The Morgan fingerprint density at radius 1 is 1.15 bits per heavy atom. The van der Waals surface area contributed by atoms with Crippen LogP contribution in [0.25, 0.3) is 0 Å². The molecule has 1 aromatic rings. The molecule has 1 aromatic carbocycles. The van der Waals surface area contributed by atoms with Crippen LogP contribution in [0.2, 0.25) is 0 Å². The summed E-state index contributed by atoms with van der Waals surface area (Å²) in [6, 6.07) is 4.04. The Morgan fingerprint density at radius 2 is 1.81 bits per heavy atom. The normalized spacial score (nSPS) is 22.6. The van der Waals surface area contributed by atoms with Gasteiger partial charge in [0, 0.05) is 33.2 Å². The molecule has 144 valence electrons. The van der Waals surface area contributed by atoms with Crippen molar-refractivity contribution >= 4 is 16.1 Å². The van der Waals surface area contributed by atoms with Crippen LogP contribution in [-0.2, 0) is 10.0 Å². The van der Waals surface area contributed by atoms with Crippen LogP contribution in [0.3, 0.4) is 0 Å². The summed E-state index contributed by atoms with van der Waals surface area (Å²) >= 11 is 0. The molecule has 0 aliphatic carbocycles. The summed E-state index contributed by atoms with van der Waals surface area (Å²) in [5.41, 5.74) is 0.436. The average Bonchev–Trinajstić information content (AvgIpc) is 3.14. The fraction of sp³-hybridized carbons (Fsp3) is 0.611. The minimum atomic E-state index is -3.66. The van der Waals surface area contributed by atoms with E-state index in [0.29, 0.717) is 43.6 Å². The summed E-state index contributed by atoms with van der Waals surface area (Å²) in [7, 11) is -2.03. The van der Waals surface area contributed by atoms with Crippen LogP contribution in [0.5, 0.6) is 0 Å². The summed E-state index contributed by atoms with van der Waals surface area (Å²) < 4.78 is 40.9. The minimum absolute atomic E-state index is 0.0238. The number of nitrogens with one attached hydrogen (secondary N) is 1. The molecular formula is C18H26FN3O3S. The maximum absolute atomic E-state index is 13.8. The first kappa shape index (κ1) is 19.1. The second-order valence-corrected chi connectivity index (χ2v) is 9.14. The lowest BCUT2D eigenvalue weighted by Gasteiger charge is -2.34. The van der Waals surface area contributed by atoms with Gasteiger partial charge in [0.15, 0.2) is 0 Å². The first-order valence-electron chi connectivity index (χ1n) is 9.06. The molecule has 2 aliphatic rings. The highest BCUT2D eigenvalue weighted by Gasteiger charge is 2.37. The first-order valence-corrected chi connectivity index (χ1v) is 10.5. The standard InChI is InChI=1S/C18H26FN3O3S/c1-13-3-4-16(11-17(13)19)26(24,25)22-10-7-15(12-22)14-5-8-21(9-6-14)18(23)20-2/h3-4,11,14-15H,5-10,12H2,1-2H3,(H,20,23). The lowest BCUT2D eigenvalue weighted by molar-refractivity contribution is 0.153. The monoisotopic (exact) mass is 383 g/mol. The molecule has 0 aromatic heterocycles. The van der Waals surface area contributed by atoms with Gasteiger partial charge in [-0.05, 0) is 55.7 Å². The van der Waals surface area contributed by atoms with Gasteiger partial charge < -0.3 is 10.2 Å². The lowest BCUT2D eigenvalue weighted by Crippen LogP contribution is -2.44. The van der Waals surface area contributed by atoms with Gasteiger partial charge in [0.2, 0.25) is 10.0 Å². The van der Waals surface area contributed by atoms with Crippen molar-refractivity contribution in [2.24, 2.45) is 11.8 Å². The second-order valence-electron chi connectivity index (χ2n) is 7.20. The SMILES string of the molecule is CNC(=O)N1CCC(C2CCN(S(=O)(=O)c3ccc(C)c(F)c3)C2)CC1. The molecule has 0 radical (unpaired) electrons. The van der Waals surface area contributed by atoms with Gasteiger partial charge in [-0.1, -0.05) is 6.07 Å². The Kier molecular flexibility index (Phi) is 5.53. The Bertz CT molecular complexity index is 776. The topological polar surface area (TPSA) is 69.7 Å². The number of urea groups is 1. The van der Waals surface area contributed by atoms with E-state index in [0.717, 1.165) is 25.3 Å². The number of rotatable bonds is 3. The zero-order valence-corrected chi connectivity index (χ0v) is 16.1. The van der Waals surface area contributed by atoms with Gasteiger partial charge in [-0.25, -0.2) is 17.6 Å². The number of aryl methyl sites for hydroxylation is 1. The maximum atomic E-state index is 13.8. The molecule has 8 heteroatoms. The summed E-state index contributed by atoms with van der Waals surface area (Å²) in [6.45, 7) is 3.97. The molecule has 0 spiro atoms. The fourth-order valence-corrected chi connectivity index (χ4v) is 5.50. The predicted molar refractivity (Wildman–Crippen MR) is 96.8 cm³/mol. The number of carbonyl (C=O) groups excluding carboxylic acids is 1. The molecule has 2 amide bonds. The number of halogens is 1. The van der Waals surface area contributed by atoms with E-state index in [1.54, 1.807) is 18.9 Å². The smallest absolute Gasteiger partial charge is 0.317 e. The first-order chi connectivity index (χ1) is 12.3. The van der Waals surface area contributed by atoms with E-state index in [1.165, 1.54) is 16.4 Å². The van der Waals surface area contributed by atoms with Crippen LogP contribution in [0, 0.1) is 24.6 Å². The number of sulfonamides is 1. The Hall–Kier alpha value is -1.67. The molecule has 1 atom stereocenters. The third kappa shape index (κ3) is 3.71. The summed E-state index contributed by atoms with van der Waals surface area (Å²) in [5, 5.41) is 2.64. The van der Waals surface area contributed by atoms with Crippen molar-refractivity contribution in [3.63, 3.8) is 0 Å². The molecule has 2 heterocycles. The Labute approximate surface area is 154 Å². The summed E-state index contributed by atoms with van der Waals surface area (Å²) in [4.78, 5) is 13.5. The lowest BCUT2D eigenvalue weighted by atomic mass is 9.84. The molecule has 2 aliphatic heterocycles. The third-order valence-electron chi connectivity index (χ3n) is 5.68. The van der Waals surface area contributed by atoms with Crippen LogP contribution in [0.15, 0.2) is 23.1 Å².